The van der Waals surface area contributed by atoms with E-state index in [4.69, 9.17) is 11.6 Å². The summed E-state index contributed by atoms with van der Waals surface area (Å²) in [6, 6.07) is 9.85. The van der Waals surface area contributed by atoms with Crippen molar-refractivity contribution in [2.75, 3.05) is 0 Å². The molecule has 0 saturated heterocycles. The zero-order chi connectivity index (χ0) is 13.8. The summed E-state index contributed by atoms with van der Waals surface area (Å²) in [5.74, 6) is -0.326. The highest BCUT2D eigenvalue weighted by Crippen LogP contribution is 2.23. The smallest absolute Gasteiger partial charge is 0.324 e. The molecule has 98 valence electrons. The van der Waals surface area contributed by atoms with Crippen molar-refractivity contribution in [1.82, 2.24) is 5.32 Å². The van der Waals surface area contributed by atoms with Crippen LogP contribution >= 0.6 is 22.9 Å². The fourth-order valence-corrected chi connectivity index (χ4v) is 2.28. The Morgan fingerprint density at radius 1 is 1.26 bits per heavy atom. The maximum Gasteiger partial charge on any atom is 0.324 e. The summed E-state index contributed by atoms with van der Waals surface area (Å²) in [6.45, 7) is 0.349. The van der Waals surface area contributed by atoms with Gasteiger partial charge in [-0.2, -0.15) is 0 Å². The predicted molar refractivity (Wildman–Crippen MR) is 73.6 cm³/mol. The topological polar surface area (TPSA) is 72.2 Å². The third kappa shape index (κ3) is 3.52. The van der Waals surface area contributed by atoms with E-state index in [0.29, 0.717) is 16.4 Å². The number of amides is 1. The molecule has 0 atom stereocenters. The summed E-state index contributed by atoms with van der Waals surface area (Å²) in [4.78, 5) is 22.1. The van der Waals surface area contributed by atoms with Crippen LogP contribution in [0.25, 0.3) is 0 Å². The molecule has 0 spiro atoms. The first-order valence-electron chi connectivity index (χ1n) is 5.33. The number of nitrogens with zero attached hydrogens (tertiary/aromatic N) is 1. The summed E-state index contributed by atoms with van der Waals surface area (Å²) >= 11 is 6.61. The molecule has 1 N–H and O–H groups in total. The molecule has 0 bridgehead atoms. The van der Waals surface area contributed by atoms with E-state index in [9.17, 15) is 14.9 Å². The van der Waals surface area contributed by atoms with Crippen LogP contribution < -0.4 is 5.32 Å². The summed E-state index contributed by atoms with van der Waals surface area (Å²) in [7, 11) is 0. The van der Waals surface area contributed by atoms with Crippen LogP contribution in [0.4, 0.5) is 5.00 Å². The molecule has 19 heavy (non-hydrogen) atoms. The van der Waals surface area contributed by atoms with Gasteiger partial charge >= 0.3 is 5.00 Å². The molecule has 1 heterocycles. The van der Waals surface area contributed by atoms with E-state index in [-0.39, 0.29) is 10.9 Å². The lowest BCUT2D eigenvalue weighted by Gasteiger charge is -2.03. The minimum Gasteiger partial charge on any atom is -0.347 e. The minimum absolute atomic E-state index is 0.0448. The van der Waals surface area contributed by atoms with Crippen molar-refractivity contribution in [3.05, 3.63) is 62.0 Å². The second-order valence-corrected chi connectivity index (χ2v) is 5.20. The molecule has 0 aliphatic carbocycles. The molecule has 0 aliphatic heterocycles. The van der Waals surface area contributed by atoms with Crippen LogP contribution in [0.3, 0.4) is 0 Å². The van der Waals surface area contributed by atoms with Gasteiger partial charge in [-0.1, -0.05) is 35.1 Å². The fraction of sp³-hybridized carbons (Fsp3) is 0.0833. The number of benzene rings is 1. The first kappa shape index (κ1) is 13.5. The van der Waals surface area contributed by atoms with Crippen LogP contribution in [0.15, 0.2) is 36.4 Å². The van der Waals surface area contributed by atoms with Crippen LogP contribution in [0.2, 0.25) is 5.02 Å². The van der Waals surface area contributed by atoms with Gasteiger partial charge < -0.3 is 5.32 Å². The lowest BCUT2D eigenvalue weighted by molar-refractivity contribution is -0.380. The number of carbonyl (C=O) groups excluding carboxylic acids is 1. The van der Waals surface area contributed by atoms with Gasteiger partial charge in [0.25, 0.3) is 5.91 Å². The fourth-order valence-electron chi connectivity index (χ4n) is 1.42. The van der Waals surface area contributed by atoms with Crippen LogP contribution in [0.5, 0.6) is 0 Å². The lowest BCUT2D eigenvalue weighted by atomic mass is 10.2. The Balaban J connectivity index is 1.97. The van der Waals surface area contributed by atoms with Gasteiger partial charge in [0.15, 0.2) is 0 Å². The second kappa shape index (κ2) is 5.81. The second-order valence-electron chi connectivity index (χ2n) is 3.70. The summed E-state index contributed by atoms with van der Waals surface area (Å²) in [5, 5.41) is 13.8. The van der Waals surface area contributed by atoms with E-state index >= 15 is 0 Å². The van der Waals surface area contributed by atoms with Gasteiger partial charge in [-0.3, -0.25) is 14.9 Å². The van der Waals surface area contributed by atoms with E-state index in [2.05, 4.69) is 5.32 Å². The summed E-state index contributed by atoms with van der Waals surface area (Å²) < 4.78 is 0. The van der Waals surface area contributed by atoms with Crippen molar-refractivity contribution in [1.29, 1.82) is 0 Å². The van der Waals surface area contributed by atoms with E-state index in [0.717, 1.165) is 16.9 Å². The van der Waals surface area contributed by atoms with E-state index < -0.39 is 4.92 Å². The molecule has 1 aromatic heterocycles. The SMILES string of the molecule is O=C(NCc1ccc(Cl)cc1)c1ccc([N+](=O)[O-])s1. The van der Waals surface area contributed by atoms with Crippen LogP contribution in [0.1, 0.15) is 15.2 Å². The molecule has 2 rings (SSSR count). The Labute approximate surface area is 118 Å². The van der Waals surface area contributed by atoms with Gasteiger partial charge in [-0.15, -0.1) is 0 Å². The van der Waals surface area contributed by atoms with Crippen molar-refractivity contribution >= 4 is 33.8 Å². The van der Waals surface area contributed by atoms with Crippen LogP contribution in [-0.2, 0) is 6.54 Å². The Morgan fingerprint density at radius 3 is 2.53 bits per heavy atom. The third-order valence-electron chi connectivity index (χ3n) is 2.36. The number of hydrogen-bond donors (Lipinski definition) is 1. The molecule has 0 saturated carbocycles. The van der Waals surface area contributed by atoms with Crippen molar-refractivity contribution in [2.24, 2.45) is 0 Å². The number of thiophene rings is 1. The van der Waals surface area contributed by atoms with Crippen molar-refractivity contribution in [3.8, 4) is 0 Å². The minimum atomic E-state index is -0.513. The van der Waals surface area contributed by atoms with Crippen LogP contribution in [0, 0.1) is 10.1 Å². The number of rotatable bonds is 4. The van der Waals surface area contributed by atoms with Gasteiger partial charge in [0.1, 0.15) is 0 Å². The highest BCUT2D eigenvalue weighted by molar-refractivity contribution is 7.17. The first-order valence-corrected chi connectivity index (χ1v) is 6.52. The predicted octanol–water partition coefficient (Wildman–Crippen LogP) is 3.24. The van der Waals surface area contributed by atoms with Gasteiger partial charge in [-0.25, -0.2) is 0 Å². The third-order valence-corrected chi connectivity index (χ3v) is 3.65. The highest BCUT2D eigenvalue weighted by Gasteiger charge is 2.14. The summed E-state index contributed by atoms with van der Waals surface area (Å²) in [5.41, 5.74) is 0.906. The maximum absolute atomic E-state index is 11.8. The number of nitrogens with one attached hydrogen (secondary N) is 1. The van der Waals surface area contributed by atoms with E-state index in [1.54, 1.807) is 24.3 Å². The number of hydrogen-bond acceptors (Lipinski definition) is 4. The molecule has 0 fully saturated rings. The largest absolute Gasteiger partial charge is 0.347 e. The highest BCUT2D eigenvalue weighted by atomic mass is 35.5. The molecule has 7 heteroatoms. The number of carbonyl (C=O) groups is 1. The van der Waals surface area contributed by atoms with E-state index in [1.807, 2.05) is 0 Å². The normalized spacial score (nSPS) is 10.2. The Bertz CT molecular complexity index is 610. The van der Waals surface area contributed by atoms with Crippen LogP contribution in [-0.4, -0.2) is 10.8 Å². The number of nitro groups is 1. The average Bonchev–Trinajstić information content (AvgIpc) is 2.87. The molecule has 5 nitrogen and oxygen atoms in total. The Morgan fingerprint density at radius 2 is 1.95 bits per heavy atom. The lowest BCUT2D eigenvalue weighted by Crippen LogP contribution is -2.21. The average molecular weight is 297 g/mol. The van der Waals surface area contributed by atoms with Gasteiger partial charge in [0.05, 0.1) is 9.80 Å². The van der Waals surface area contributed by atoms with Gasteiger partial charge in [0, 0.05) is 17.6 Å². The van der Waals surface area contributed by atoms with Crippen molar-refractivity contribution < 1.29 is 9.72 Å². The molecular formula is C12H9ClN2O3S. The number of halogens is 1. The molecule has 0 radical (unpaired) electrons. The van der Waals surface area contributed by atoms with Gasteiger partial charge in [0.2, 0.25) is 0 Å². The quantitative estimate of drug-likeness (QED) is 0.695. The maximum atomic E-state index is 11.8. The Kier molecular flexibility index (Phi) is 4.13. The first-order chi connectivity index (χ1) is 9.06. The molecule has 2 aromatic rings. The molecule has 1 amide bonds. The zero-order valence-corrected chi connectivity index (χ0v) is 11.2. The summed E-state index contributed by atoms with van der Waals surface area (Å²) in [6.07, 6.45) is 0. The molecule has 1 aromatic carbocycles. The standard InChI is InChI=1S/C12H9ClN2O3S/c13-9-3-1-8(2-4-9)7-14-12(16)10-5-6-11(19-10)15(17)18/h1-6H,7H2,(H,14,16). The Hall–Kier alpha value is -1.92. The van der Waals surface area contributed by atoms with Gasteiger partial charge in [-0.05, 0) is 23.8 Å². The molecule has 0 unspecified atom stereocenters. The van der Waals surface area contributed by atoms with Crippen molar-refractivity contribution in [3.63, 3.8) is 0 Å². The van der Waals surface area contributed by atoms with Crippen molar-refractivity contribution in [2.45, 2.75) is 6.54 Å². The zero-order valence-electron chi connectivity index (χ0n) is 9.63. The molecule has 0 aliphatic rings. The molecular weight excluding hydrogens is 288 g/mol. The monoisotopic (exact) mass is 296 g/mol. The van der Waals surface area contributed by atoms with E-state index in [1.165, 1.54) is 12.1 Å².